The van der Waals surface area contributed by atoms with Gasteiger partial charge in [0.05, 0.1) is 11.6 Å². The molecule has 0 aliphatic rings. The normalized spacial score (nSPS) is 11.9. The predicted octanol–water partition coefficient (Wildman–Crippen LogP) is 3.60. The van der Waals surface area contributed by atoms with Gasteiger partial charge in [-0.25, -0.2) is 4.98 Å². The summed E-state index contributed by atoms with van der Waals surface area (Å²) < 4.78 is 0. The van der Waals surface area contributed by atoms with Crippen molar-refractivity contribution >= 4 is 17.2 Å². The van der Waals surface area contributed by atoms with E-state index < -0.39 is 11.0 Å². The van der Waals surface area contributed by atoms with E-state index in [9.17, 15) is 10.1 Å². The number of carbonyl (C=O) groups is 1. The van der Waals surface area contributed by atoms with Crippen LogP contribution in [0.1, 0.15) is 58.4 Å². The summed E-state index contributed by atoms with van der Waals surface area (Å²) >= 11 is 1.51. The molecular weight excluding hydrogens is 270 g/mol. The first-order valence-corrected chi connectivity index (χ1v) is 7.93. The average molecular weight is 293 g/mol. The van der Waals surface area contributed by atoms with Crippen LogP contribution in [-0.4, -0.2) is 10.9 Å². The van der Waals surface area contributed by atoms with Crippen LogP contribution >= 0.6 is 11.3 Å². The molecule has 0 spiro atoms. The minimum atomic E-state index is -0.919. The van der Waals surface area contributed by atoms with Gasteiger partial charge in [0, 0.05) is 11.6 Å². The molecule has 1 heterocycles. The van der Waals surface area contributed by atoms with Gasteiger partial charge in [-0.3, -0.25) is 4.79 Å². The lowest BCUT2D eigenvalue weighted by Crippen LogP contribution is -2.48. The zero-order valence-corrected chi connectivity index (χ0v) is 13.5. The van der Waals surface area contributed by atoms with E-state index in [0.717, 1.165) is 17.8 Å². The number of aromatic nitrogens is 1. The second kappa shape index (κ2) is 6.85. The standard InChI is InChI=1S/C15H23N3OS/c1-5-7-15(11-16,8-6-2)12(19)18-14(3,4)13-17-9-10-20-13/h9-10H,5-8H2,1-4H3,(H,18,19). The van der Waals surface area contributed by atoms with E-state index in [-0.39, 0.29) is 5.91 Å². The number of nitrogens with zero attached hydrogens (tertiary/aromatic N) is 2. The Kier molecular flexibility index (Phi) is 5.70. The lowest BCUT2D eigenvalue weighted by atomic mass is 9.79. The second-order valence-corrected chi connectivity index (χ2v) is 6.50. The van der Waals surface area contributed by atoms with Crippen molar-refractivity contribution in [2.75, 3.05) is 0 Å². The highest BCUT2D eigenvalue weighted by Gasteiger charge is 2.40. The number of nitriles is 1. The Bertz CT molecular complexity index is 468. The Labute approximate surface area is 125 Å². The Morgan fingerprint density at radius 1 is 1.40 bits per heavy atom. The number of carbonyl (C=O) groups excluding carboxylic acids is 1. The molecule has 0 aromatic carbocycles. The molecule has 0 unspecified atom stereocenters. The Morgan fingerprint density at radius 3 is 2.40 bits per heavy atom. The third-order valence-corrected chi connectivity index (χ3v) is 4.49. The van der Waals surface area contributed by atoms with E-state index in [4.69, 9.17) is 0 Å². The molecule has 1 amide bonds. The molecule has 0 saturated heterocycles. The molecule has 110 valence electrons. The lowest BCUT2D eigenvalue weighted by molar-refractivity contribution is -0.130. The summed E-state index contributed by atoms with van der Waals surface area (Å²) in [5.41, 5.74) is -1.47. The minimum absolute atomic E-state index is 0.177. The van der Waals surface area contributed by atoms with Crippen LogP contribution in [0.15, 0.2) is 11.6 Å². The molecule has 20 heavy (non-hydrogen) atoms. The van der Waals surface area contributed by atoms with E-state index in [1.54, 1.807) is 6.20 Å². The van der Waals surface area contributed by atoms with E-state index in [0.29, 0.717) is 12.8 Å². The van der Waals surface area contributed by atoms with Gasteiger partial charge in [-0.1, -0.05) is 26.7 Å². The molecule has 1 rings (SSSR count). The van der Waals surface area contributed by atoms with Crippen molar-refractivity contribution in [1.29, 1.82) is 5.26 Å². The van der Waals surface area contributed by atoms with Crippen LogP contribution in [-0.2, 0) is 10.3 Å². The van der Waals surface area contributed by atoms with E-state index in [1.165, 1.54) is 11.3 Å². The number of rotatable bonds is 7. The van der Waals surface area contributed by atoms with Crippen LogP contribution < -0.4 is 5.32 Å². The third kappa shape index (κ3) is 3.57. The van der Waals surface area contributed by atoms with Gasteiger partial charge in [0.25, 0.3) is 0 Å². The van der Waals surface area contributed by atoms with Gasteiger partial charge < -0.3 is 5.32 Å². The molecule has 1 aromatic heterocycles. The molecule has 5 heteroatoms. The van der Waals surface area contributed by atoms with Crippen molar-refractivity contribution in [3.05, 3.63) is 16.6 Å². The molecule has 0 atom stereocenters. The van der Waals surface area contributed by atoms with Gasteiger partial charge in [-0.05, 0) is 26.7 Å². The molecular formula is C15H23N3OS. The van der Waals surface area contributed by atoms with Gasteiger partial charge in [0.2, 0.25) is 5.91 Å². The largest absolute Gasteiger partial charge is 0.343 e. The first-order chi connectivity index (χ1) is 9.41. The fourth-order valence-electron chi connectivity index (χ4n) is 2.36. The van der Waals surface area contributed by atoms with E-state index >= 15 is 0 Å². The minimum Gasteiger partial charge on any atom is -0.343 e. The summed E-state index contributed by atoms with van der Waals surface area (Å²) in [7, 11) is 0. The summed E-state index contributed by atoms with van der Waals surface area (Å²) in [6.07, 6.45) is 4.55. The van der Waals surface area contributed by atoms with Crippen LogP contribution in [0.25, 0.3) is 0 Å². The maximum atomic E-state index is 12.6. The smallest absolute Gasteiger partial charge is 0.241 e. The predicted molar refractivity (Wildman–Crippen MR) is 81.1 cm³/mol. The monoisotopic (exact) mass is 293 g/mol. The highest BCUT2D eigenvalue weighted by molar-refractivity contribution is 7.09. The average Bonchev–Trinajstić information content (AvgIpc) is 2.92. The van der Waals surface area contributed by atoms with Crippen LogP contribution in [0.2, 0.25) is 0 Å². The number of amides is 1. The molecule has 0 aliphatic carbocycles. The zero-order chi connectivity index (χ0) is 15.2. The Balaban J connectivity index is 2.94. The fraction of sp³-hybridized carbons (Fsp3) is 0.667. The first-order valence-electron chi connectivity index (χ1n) is 7.05. The van der Waals surface area contributed by atoms with Crippen LogP contribution in [0.5, 0.6) is 0 Å². The molecule has 1 aromatic rings. The summed E-state index contributed by atoms with van der Waals surface area (Å²) in [5, 5.41) is 15.3. The molecule has 0 radical (unpaired) electrons. The molecule has 0 aliphatic heterocycles. The molecule has 0 fully saturated rings. The lowest BCUT2D eigenvalue weighted by Gasteiger charge is -2.31. The van der Waals surface area contributed by atoms with E-state index in [2.05, 4.69) is 16.4 Å². The number of nitrogens with one attached hydrogen (secondary N) is 1. The summed E-state index contributed by atoms with van der Waals surface area (Å²) in [5.74, 6) is -0.177. The van der Waals surface area contributed by atoms with Gasteiger partial charge >= 0.3 is 0 Å². The summed E-state index contributed by atoms with van der Waals surface area (Å²) in [4.78, 5) is 16.9. The fourth-order valence-corrected chi connectivity index (χ4v) is 3.08. The topological polar surface area (TPSA) is 65.8 Å². The third-order valence-electron chi connectivity index (χ3n) is 3.40. The number of thiazole rings is 1. The van der Waals surface area contributed by atoms with Gasteiger partial charge in [-0.2, -0.15) is 5.26 Å². The zero-order valence-electron chi connectivity index (χ0n) is 12.7. The number of hydrogen-bond donors (Lipinski definition) is 1. The Morgan fingerprint density at radius 2 is 2.00 bits per heavy atom. The van der Waals surface area contributed by atoms with Crippen molar-refractivity contribution in [1.82, 2.24) is 10.3 Å². The van der Waals surface area contributed by atoms with Crippen LogP contribution in [0, 0.1) is 16.7 Å². The van der Waals surface area contributed by atoms with Gasteiger partial charge in [0.1, 0.15) is 10.4 Å². The van der Waals surface area contributed by atoms with Crippen molar-refractivity contribution in [2.45, 2.75) is 58.9 Å². The van der Waals surface area contributed by atoms with E-state index in [1.807, 2.05) is 33.1 Å². The first kappa shape index (κ1) is 16.6. The SMILES string of the molecule is CCCC(C#N)(CCC)C(=O)NC(C)(C)c1nccs1. The summed E-state index contributed by atoms with van der Waals surface area (Å²) in [6.45, 7) is 7.84. The maximum absolute atomic E-state index is 12.6. The highest BCUT2D eigenvalue weighted by Crippen LogP contribution is 2.32. The maximum Gasteiger partial charge on any atom is 0.241 e. The Hall–Kier alpha value is -1.41. The van der Waals surface area contributed by atoms with Crippen molar-refractivity contribution in [3.8, 4) is 6.07 Å². The molecule has 0 bridgehead atoms. The van der Waals surface area contributed by atoms with Crippen molar-refractivity contribution in [2.24, 2.45) is 5.41 Å². The second-order valence-electron chi connectivity index (χ2n) is 5.61. The van der Waals surface area contributed by atoms with Gasteiger partial charge in [-0.15, -0.1) is 11.3 Å². The quantitative estimate of drug-likeness (QED) is 0.835. The van der Waals surface area contributed by atoms with Gasteiger partial charge in [0.15, 0.2) is 0 Å². The number of hydrogen-bond acceptors (Lipinski definition) is 4. The highest BCUT2D eigenvalue weighted by atomic mass is 32.1. The van der Waals surface area contributed by atoms with Crippen molar-refractivity contribution < 1.29 is 4.79 Å². The van der Waals surface area contributed by atoms with Crippen molar-refractivity contribution in [3.63, 3.8) is 0 Å². The molecule has 4 nitrogen and oxygen atoms in total. The molecule has 1 N–H and O–H groups in total. The summed E-state index contributed by atoms with van der Waals surface area (Å²) in [6, 6.07) is 2.26. The molecule has 0 saturated carbocycles. The van der Waals surface area contributed by atoms with Crippen LogP contribution in [0.4, 0.5) is 0 Å². The van der Waals surface area contributed by atoms with Crippen LogP contribution in [0.3, 0.4) is 0 Å².